The lowest BCUT2D eigenvalue weighted by Crippen LogP contribution is -2.49. The maximum Gasteiger partial charge on any atom is 0.416 e. The number of anilines is 1. The quantitative estimate of drug-likeness (QED) is 0.770. The second-order valence-corrected chi connectivity index (χ2v) is 6.60. The van der Waals surface area contributed by atoms with Crippen molar-refractivity contribution < 1.29 is 27.2 Å². The number of hydrogen-bond donors (Lipinski definition) is 2. The smallest absolute Gasteiger partial charge is 0.416 e. The van der Waals surface area contributed by atoms with Gasteiger partial charge < -0.3 is 20.4 Å². The van der Waals surface area contributed by atoms with Gasteiger partial charge in [0.2, 0.25) is 5.91 Å². The molecular weight excluding hydrogens is 411 g/mol. The number of likely N-dealkylation sites (tertiary alicyclic amines) is 1. The van der Waals surface area contributed by atoms with Gasteiger partial charge in [-0.05, 0) is 55.2 Å². The number of carbonyl (C=O) groups excluding carboxylic acids is 2. The Balaban J connectivity index is 0.00000300. The summed E-state index contributed by atoms with van der Waals surface area (Å²) in [5, 5.41) is 2.51. The molecule has 2 heterocycles. The first-order chi connectivity index (χ1) is 13.3. The highest BCUT2D eigenvalue weighted by Gasteiger charge is 2.35. The summed E-state index contributed by atoms with van der Waals surface area (Å²) in [4.78, 5) is 26.8. The number of benzene rings is 1. The fourth-order valence-corrected chi connectivity index (χ4v) is 3.26. The van der Waals surface area contributed by atoms with Crippen LogP contribution in [0.25, 0.3) is 0 Å². The van der Waals surface area contributed by atoms with Crippen LogP contribution in [0.1, 0.15) is 40.9 Å². The Morgan fingerprint density at radius 1 is 1.24 bits per heavy atom. The maximum absolute atomic E-state index is 13.1. The summed E-state index contributed by atoms with van der Waals surface area (Å²) in [5.41, 5.74) is 4.83. The highest BCUT2D eigenvalue weighted by Crippen LogP contribution is 2.32. The van der Waals surface area contributed by atoms with E-state index in [4.69, 9.17) is 10.2 Å². The number of alkyl halides is 3. The molecule has 1 aromatic carbocycles. The van der Waals surface area contributed by atoms with Crippen molar-refractivity contribution in [3.63, 3.8) is 0 Å². The summed E-state index contributed by atoms with van der Waals surface area (Å²) >= 11 is 0. The molecule has 0 spiro atoms. The number of halogens is 4. The zero-order valence-corrected chi connectivity index (χ0v) is 16.2. The van der Waals surface area contributed by atoms with E-state index in [2.05, 4.69) is 5.32 Å². The van der Waals surface area contributed by atoms with Crippen molar-refractivity contribution in [2.24, 2.45) is 5.73 Å². The average molecular weight is 432 g/mol. The van der Waals surface area contributed by atoms with Crippen molar-refractivity contribution in [3.05, 3.63) is 53.5 Å². The lowest BCUT2D eigenvalue weighted by Gasteiger charge is -2.34. The van der Waals surface area contributed by atoms with Crippen molar-refractivity contribution >= 4 is 29.9 Å². The monoisotopic (exact) mass is 431 g/mol. The summed E-state index contributed by atoms with van der Waals surface area (Å²) in [5.74, 6) is -0.845. The number of piperidine rings is 1. The summed E-state index contributed by atoms with van der Waals surface area (Å²) in [7, 11) is 0. The summed E-state index contributed by atoms with van der Waals surface area (Å²) < 4.78 is 44.4. The van der Waals surface area contributed by atoms with Crippen LogP contribution in [0.15, 0.2) is 41.0 Å². The first-order valence-electron chi connectivity index (χ1n) is 8.86. The van der Waals surface area contributed by atoms with Crippen molar-refractivity contribution in [3.8, 4) is 0 Å². The molecule has 0 radical (unpaired) electrons. The molecule has 1 atom stereocenters. The van der Waals surface area contributed by atoms with Crippen LogP contribution in [0, 0.1) is 0 Å². The van der Waals surface area contributed by atoms with Gasteiger partial charge in [-0.3, -0.25) is 9.59 Å². The van der Waals surface area contributed by atoms with Gasteiger partial charge in [-0.25, -0.2) is 0 Å². The number of nitrogens with two attached hydrogens (primary N) is 1. The summed E-state index contributed by atoms with van der Waals surface area (Å²) in [6.45, 7) is 0.271. The van der Waals surface area contributed by atoms with Gasteiger partial charge in [-0.2, -0.15) is 13.2 Å². The van der Waals surface area contributed by atoms with E-state index in [0.29, 0.717) is 13.0 Å². The Labute approximate surface area is 171 Å². The summed E-state index contributed by atoms with van der Waals surface area (Å²) in [6, 6.07) is 5.49. The number of carbonyl (C=O) groups is 2. The van der Waals surface area contributed by atoms with Crippen LogP contribution < -0.4 is 11.1 Å². The molecule has 2 amide bonds. The Morgan fingerprint density at radius 3 is 2.62 bits per heavy atom. The largest absolute Gasteiger partial charge is 0.459 e. The molecule has 1 aliphatic rings. The predicted molar refractivity (Wildman–Crippen MR) is 103 cm³/mol. The minimum atomic E-state index is -4.56. The molecule has 0 aliphatic carbocycles. The first kappa shape index (κ1) is 22.8. The number of hydrogen-bond acceptors (Lipinski definition) is 4. The molecule has 2 aromatic rings. The van der Waals surface area contributed by atoms with Crippen LogP contribution in [0.3, 0.4) is 0 Å². The van der Waals surface area contributed by atoms with Crippen molar-refractivity contribution in [2.75, 3.05) is 11.9 Å². The SMILES string of the molecule is Cl.NCc1cc(NC(=O)C2CCCCN2C(=O)c2ccco2)cc(C(F)(F)F)c1. The van der Waals surface area contributed by atoms with Crippen molar-refractivity contribution in [2.45, 2.75) is 38.0 Å². The fourth-order valence-electron chi connectivity index (χ4n) is 3.26. The highest BCUT2D eigenvalue weighted by atomic mass is 35.5. The molecule has 0 bridgehead atoms. The fraction of sp³-hybridized carbons (Fsp3) is 0.368. The van der Waals surface area contributed by atoms with Crippen molar-refractivity contribution in [1.29, 1.82) is 0 Å². The predicted octanol–water partition coefficient (Wildman–Crippen LogP) is 3.81. The number of nitrogens with one attached hydrogen (secondary N) is 1. The highest BCUT2D eigenvalue weighted by molar-refractivity contribution is 6.00. The van der Waals surface area contributed by atoms with E-state index in [1.165, 1.54) is 23.3 Å². The molecule has 158 valence electrons. The lowest BCUT2D eigenvalue weighted by atomic mass is 10.0. The van der Waals surface area contributed by atoms with E-state index >= 15 is 0 Å². The van der Waals surface area contributed by atoms with E-state index < -0.39 is 29.6 Å². The second kappa shape index (κ2) is 9.32. The van der Waals surface area contributed by atoms with E-state index in [-0.39, 0.29) is 36.0 Å². The maximum atomic E-state index is 13.1. The third kappa shape index (κ3) is 5.30. The third-order valence-electron chi connectivity index (χ3n) is 4.62. The zero-order chi connectivity index (χ0) is 20.3. The molecule has 3 N–H and O–H groups in total. The van der Waals surface area contributed by atoms with E-state index in [9.17, 15) is 22.8 Å². The number of nitrogens with zero attached hydrogens (tertiary/aromatic N) is 1. The Bertz CT molecular complexity index is 856. The van der Waals surface area contributed by atoms with Gasteiger partial charge in [0.1, 0.15) is 6.04 Å². The van der Waals surface area contributed by atoms with E-state index in [0.717, 1.165) is 25.0 Å². The zero-order valence-electron chi connectivity index (χ0n) is 15.4. The topological polar surface area (TPSA) is 88.6 Å². The van der Waals surface area contributed by atoms with Crippen LogP contribution in [-0.4, -0.2) is 29.3 Å². The normalized spacial score (nSPS) is 16.8. The molecular formula is C19H21ClF3N3O3. The first-order valence-corrected chi connectivity index (χ1v) is 8.86. The third-order valence-corrected chi connectivity index (χ3v) is 4.62. The molecule has 1 saturated heterocycles. The minimum absolute atomic E-state index is 0. The molecule has 6 nitrogen and oxygen atoms in total. The van der Waals surface area contributed by atoms with Crippen LogP contribution in [0.2, 0.25) is 0 Å². The Hall–Kier alpha value is -2.52. The standard InChI is InChI=1S/C19H20F3N3O3.ClH/c20-19(21,22)13-8-12(11-23)9-14(10-13)24-17(26)15-4-1-2-6-25(15)18(27)16-5-3-7-28-16;/h3,5,7-10,15H,1-2,4,6,11,23H2,(H,24,26);1H. The Kier molecular flexibility index (Phi) is 7.32. The number of furan rings is 1. The van der Waals surface area contributed by atoms with Crippen molar-refractivity contribution in [1.82, 2.24) is 4.90 Å². The van der Waals surface area contributed by atoms with Crippen LogP contribution in [-0.2, 0) is 17.5 Å². The van der Waals surface area contributed by atoms with Gasteiger partial charge in [0.05, 0.1) is 11.8 Å². The molecule has 1 aromatic heterocycles. The minimum Gasteiger partial charge on any atom is -0.459 e. The van der Waals surface area contributed by atoms with Gasteiger partial charge in [0, 0.05) is 18.8 Å². The van der Waals surface area contributed by atoms with Crippen LogP contribution in [0.5, 0.6) is 0 Å². The average Bonchev–Trinajstić information content (AvgIpc) is 3.21. The van der Waals surface area contributed by atoms with Crippen LogP contribution >= 0.6 is 12.4 Å². The van der Waals surface area contributed by atoms with Crippen LogP contribution in [0.4, 0.5) is 18.9 Å². The second-order valence-electron chi connectivity index (χ2n) is 6.60. The molecule has 1 unspecified atom stereocenters. The molecule has 1 aliphatic heterocycles. The van der Waals surface area contributed by atoms with Gasteiger partial charge in [0.25, 0.3) is 5.91 Å². The molecule has 0 saturated carbocycles. The number of rotatable bonds is 4. The van der Waals surface area contributed by atoms with Gasteiger partial charge in [-0.15, -0.1) is 12.4 Å². The van der Waals surface area contributed by atoms with E-state index in [1.54, 1.807) is 6.07 Å². The Morgan fingerprint density at radius 2 is 2.00 bits per heavy atom. The van der Waals surface area contributed by atoms with Gasteiger partial charge >= 0.3 is 6.18 Å². The molecule has 3 rings (SSSR count). The van der Waals surface area contributed by atoms with Gasteiger partial charge in [0.15, 0.2) is 5.76 Å². The molecule has 1 fully saturated rings. The van der Waals surface area contributed by atoms with E-state index in [1.807, 2.05) is 0 Å². The van der Waals surface area contributed by atoms with Gasteiger partial charge in [-0.1, -0.05) is 0 Å². The molecule has 29 heavy (non-hydrogen) atoms. The summed E-state index contributed by atoms with van der Waals surface area (Å²) in [6.07, 6.45) is -1.31. The number of amides is 2. The lowest BCUT2D eigenvalue weighted by molar-refractivity contribution is -0.137. The molecule has 10 heteroatoms.